The maximum atomic E-state index is 13.0. The van der Waals surface area contributed by atoms with Crippen LogP contribution < -0.4 is 5.32 Å². The molecule has 0 aromatic carbocycles. The molecule has 8 heteroatoms. The average molecular weight is 395 g/mol. The van der Waals surface area contributed by atoms with Crippen LogP contribution in [-0.4, -0.2) is 79.4 Å². The zero-order valence-electron chi connectivity index (χ0n) is 17.6. The van der Waals surface area contributed by atoms with Crippen molar-refractivity contribution in [1.29, 1.82) is 5.26 Å². The lowest BCUT2D eigenvalue weighted by Crippen LogP contribution is -2.54. The van der Waals surface area contributed by atoms with Crippen LogP contribution in [0.1, 0.15) is 47.0 Å². The van der Waals surface area contributed by atoms with E-state index in [0.29, 0.717) is 45.7 Å². The highest BCUT2D eigenvalue weighted by Crippen LogP contribution is 2.25. The molecule has 2 rings (SSSR count). The lowest BCUT2D eigenvalue weighted by molar-refractivity contribution is -0.132. The van der Waals surface area contributed by atoms with Gasteiger partial charge in [0.2, 0.25) is 0 Å². The van der Waals surface area contributed by atoms with Gasteiger partial charge in [0.15, 0.2) is 6.10 Å². The van der Waals surface area contributed by atoms with Crippen molar-refractivity contribution in [2.75, 3.05) is 45.9 Å². The van der Waals surface area contributed by atoms with E-state index in [2.05, 4.69) is 37.1 Å². The number of ether oxygens (including phenoxy) is 2. The molecular formula is C20H34N4O4. The number of nitrogens with zero attached hydrogens (tertiary/aromatic N) is 3. The molecule has 0 radical (unpaired) electrons. The topological polar surface area (TPSA) is 94.9 Å². The van der Waals surface area contributed by atoms with Crippen LogP contribution in [0.2, 0.25) is 0 Å². The second kappa shape index (κ2) is 9.57. The summed E-state index contributed by atoms with van der Waals surface area (Å²) in [6.45, 7) is 12.2. The molecule has 0 spiro atoms. The molecule has 2 unspecified atom stereocenters. The van der Waals surface area contributed by atoms with Crippen molar-refractivity contribution < 1.29 is 19.1 Å². The quantitative estimate of drug-likeness (QED) is 0.738. The predicted molar refractivity (Wildman–Crippen MR) is 105 cm³/mol. The van der Waals surface area contributed by atoms with Gasteiger partial charge < -0.3 is 24.6 Å². The number of nitrogens with one attached hydrogen (secondary N) is 1. The van der Waals surface area contributed by atoms with Gasteiger partial charge in [0.05, 0.1) is 19.3 Å². The van der Waals surface area contributed by atoms with Crippen LogP contribution in [0.25, 0.3) is 0 Å². The second-order valence-electron chi connectivity index (χ2n) is 8.87. The highest BCUT2D eigenvalue weighted by atomic mass is 16.6. The van der Waals surface area contributed by atoms with Crippen LogP contribution in [0, 0.1) is 16.7 Å². The van der Waals surface area contributed by atoms with Gasteiger partial charge in [-0.3, -0.25) is 4.79 Å². The van der Waals surface area contributed by atoms with Gasteiger partial charge in [-0.25, -0.2) is 4.79 Å². The standard InChI is InChI=1S/C20H34N4O4/c1-5-23-9-8-20(14-21,15-23)22-17(25)16(6-7-19(2,3)4)28-18(26)24-10-12-27-13-11-24/h16H,5-13,15H2,1-4H3,(H,22,25). The molecule has 158 valence electrons. The number of hydrogen-bond acceptors (Lipinski definition) is 6. The Bertz CT molecular complexity index is 592. The molecule has 1 N–H and O–H groups in total. The summed E-state index contributed by atoms with van der Waals surface area (Å²) in [7, 11) is 0. The second-order valence-corrected chi connectivity index (χ2v) is 8.87. The van der Waals surface area contributed by atoms with Crippen LogP contribution in [0.3, 0.4) is 0 Å². The molecule has 2 saturated heterocycles. The number of likely N-dealkylation sites (N-methyl/N-ethyl adjacent to an activating group) is 1. The van der Waals surface area contributed by atoms with Gasteiger partial charge >= 0.3 is 6.09 Å². The van der Waals surface area contributed by atoms with Crippen LogP contribution in [0.5, 0.6) is 0 Å². The largest absolute Gasteiger partial charge is 0.436 e. The van der Waals surface area contributed by atoms with Crippen molar-refractivity contribution in [2.24, 2.45) is 5.41 Å². The van der Waals surface area contributed by atoms with E-state index in [4.69, 9.17) is 9.47 Å². The van der Waals surface area contributed by atoms with Gasteiger partial charge in [-0.1, -0.05) is 27.7 Å². The van der Waals surface area contributed by atoms with Gasteiger partial charge in [0.25, 0.3) is 5.91 Å². The van der Waals surface area contributed by atoms with Gasteiger partial charge in [-0.15, -0.1) is 0 Å². The fourth-order valence-corrected chi connectivity index (χ4v) is 3.45. The number of hydrogen-bond donors (Lipinski definition) is 1. The summed E-state index contributed by atoms with van der Waals surface area (Å²) in [4.78, 5) is 29.2. The van der Waals surface area contributed by atoms with E-state index in [-0.39, 0.29) is 11.3 Å². The third kappa shape index (κ3) is 6.35. The van der Waals surface area contributed by atoms with Crippen molar-refractivity contribution in [1.82, 2.24) is 15.1 Å². The Hall–Kier alpha value is -1.85. The van der Waals surface area contributed by atoms with Gasteiger partial charge in [-0.05, 0) is 31.2 Å². The summed E-state index contributed by atoms with van der Waals surface area (Å²) in [6.07, 6.45) is 0.319. The summed E-state index contributed by atoms with van der Waals surface area (Å²) in [5.74, 6) is -0.384. The van der Waals surface area contributed by atoms with E-state index >= 15 is 0 Å². The molecule has 2 amide bonds. The monoisotopic (exact) mass is 394 g/mol. The first-order valence-electron chi connectivity index (χ1n) is 10.2. The number of morpholine rings is 1. The molecule has 2 atom stereocenters. The number of carbonyl (C=O) groups excluding carboxylic acids is 2. The van der Waals surface area contributed by atoms with Crippen molar-refractivity contribution in [3.8, 4) is 6.07 Å². The molecular weight excluding hydrogens is 360 g/mol. The van der Waals surface area contributed by atoms with Crippen LogP contribution in [-0.2, 0) is 14.3 Å². The maximum absolute atomic E-state index is 13.0. The minimum atomic E-state index is -0.918. The number of amides is 2. The van der Waals surface area contributed by atoms with Gasteiger partial charge in [0, 0.05) is 26.2 Å². The molecule has 28 heavy (non-hydrogen) atoms. The zero-order chi connectivity index (χ0) is 20.8. The predicted octanol–water partition coefficient (Wildman–Crippen LogP) is 1.75. The minimum absolute atomic E-state index is 0.00316. The fraction of sp³-hybridized carbons (Fsp3) is 0.850. The SMILES string of the molecule is CCN1CCC(C#N)(NC(=O)C(CCC(C)(C)C)OC(=O)N2CCOCC2)C1. The Morgan fingerprint density at radius 3 is 2.50 bits per heavy atom. The lowest BCUT2D eigenvalue weighted by atomic mass is 9.89. The van der Waals surface area contributed by atoms with E-state index in [9.17, 15) is 14.9 Å². The molecule has 0 aromatic rings. The van der Waals surface area contributed by atoms with Gasteiger partial charge in [-0.2, -0.15) is 5.26 Å². The number of nitriles is 1. The Labute approximate surface area is 168 Å². The molecule has 2 fully saturated rings. The first kappa shape index (κ1) is 22.4. The fourth-order valence-electron chi connectivity index (χ4n) is 3.45. The highest BCUT2D eigenvalue weighted by Gasteiger charge is 2.41. The first-order chi connectivity index (χ1) is 13.2. The number of carbonyl (C=O) groups is 2. The van der Waals surface area contributed by atoms with Crippen LogP contribution in [0.4, 0.5) is 4.79 Å². The maximum Gasteiger partial charge on any atom is 0.410 e. The first-order valence-corrected chi connectivity index (χ1v) is 10.2. The van der Waals surface area contributed by atoms with E-state index in [1.54, 1.807) is 4.90 Å². The van der Waals surface area contributed by atoms with Crippen LogP contribution in [0.15, 0.2) is 0 Å². The number of rotatable bonds is 6. The summed E-state index contributed by atoms with van der Waals surface area (Å²) in [5, 5.41) is 12.6. The summed E-state index contributed by atoms with van der Waals surface area (Å²) in [6, 6.07) is 2.28. The van der Waals surface area contributed by atoms with Crippen LogP contribution >= 0.6 is 0 Å². The Morgan fingerprint density at radius 2 is 1.96 bits per heavy atom. The normalized spacial score (nSPS) is 24.5. The zero-order valence-corrected chi connectivity index (χ0v) is 17.6. The molecule has 0 aromatic heterocycles. The summed E-state index contributed by atoms with van der Waals surface area (Å²) >= 11 is 0. The smallest absolute Gasteiger partial charge is 0.410 e. The Kier molecular flexibility index (Phi) is 7.67. The third-order valence-electron chi connectivity index (χ3n) is 5.33. The van der Waals surface area contributed by atoms with E-state index in [1.807, 2.05) is 6.92 Å². The van der Waals surface area contributed by atoms with E-state index in [0.717, 1.165) is 19.5 Å². The summed E-state index contributed by atoms with van der Waals surface area (Å²) in [5.41, 5.74) is -0.915. The molecule has 2 aliphatic rings. The van der Waals surface area contributed by atoms with Gasteiger partial charge in [0.1, 0.15) is 5.54 Å². The average Bonchev–Trinajstić information content (AvgIpc) is 3.08. The van der Waals surface area contributed by atoms with Crippen molar-refractivity contribution in [3.05, 3.63) is 0 Å². The Balaban J connectivity index is 2.05. The molecule has 2 aliphatic heterocycles. The highest BCUT2D eigenvalue weighted by molar-refractivity contribution is 5.84. The molecule has 2 heterocycles. The van der Waals surface area contributed by atoms with Crippen molar-refractivity contribution >= 4 is 12.0 Å². The van der Waals surface area contributed by atoms with Crippen molar-refractivity contribution in [3.63, 3.8) is 0 Å². The molecule has 0 saturated carbocycles. The van der Waals surface area contributed by atoms with E-state index in [1.165, 1.54) is 0 Å². The molecule has 8 nitrogen and oxygen atoms in total. The minimum Gasteiger partial charge on any atom is -0.436 e. The van der Waals surface area contributed by atoms with Crippen molar-refractivity contribution in [2.45, 2.75) is 58.6 Å². The molecule has 0 aliphatic carbocycles. The molecule has 0 bridgehead atoms. The lowest BCUT2D eigenvalue weighted by Gasteiger charge is -2.30. The third-order valence-corrected chi connectivity index (χ3v) is 5.33. The Morgan fingerprint density at radius 1 is 1.29 bits per heavy atom. The number of likely N-dealkylation sites (tertiary alicyclic amines) is 1. The van der Waals surface area contributed by atoms with E-state index < -0.39 is 17.7 Å². The summed E-state index contributed by atoms with van der Waals surface area (Å²) < 4.78 is 10.9.